The molecule has 0 amide bonds. The fourth-order valence-corrected chi connectivity index (χ4v) is 5.45. The van der Waals surface area contributed by atoms with Crippen molar-refractivity contribution < 1.29 is 0 Å². The number of rotatable bonds is 0. The smallest absolute Gasteiger partial charge is 0.0242 e. The van der Waals surface area contributed by atoms with Crippen LogP contribution in [0.15, 0.2) is 0 Å². The minimum atomic E-state index is -1.17. The molecule has 0 aromatic rings. The topological polar surface area (TPSA) is 0 Å². The van der Waals surface area contributed by atoms with Crippen molar-refractivity contribution in [1.29, 1.82) is 0 Å². The molecule has 1 fully saturated rings. The van der Waals surface area contributed by atoms with Crippen LogP contribution >= 0.6 is 0 Å². The van der Waals surface area contributed by atoms with Gasteiger partial charge in [0.05, 0.1) is 0 Å². The molecule has 0 radical (unpaired) electrons. The zero-order valence-electron chi connectivity index (χ0n) is 7.64. The van der Waals surface area contributed by atoms with Crippen molar-refractivity contribution in [3.63, 3.8) is 0 Å². The molecule has 0 saturated carbocycles. The SMILES string of the molecule is CC1(C)CCS(=S)(=S)C1(C)C. The molecule has 0 aromatic heterocycles. The van der Waals surface area contributed by atoms with Gasteiger partial charge in [-0.05, 0) is 48.1 Å². The molecular formula is C8H16S3. The van der Waals surface area contributed by atoms with Gasteiger partial charge in [0.25, 0.3) is 0 Å². The van der Waals surface area contributed by atoms with E-state index in [0.29, 0.717) is 5.41 Å². The maximum atomic E-state index is 5.49. The van der Waals surface area contributed by atoms with E-state index in [0.717, 1.165) is 5.75 Å². The number of hydrogen-bond donors (Lipinski definition) is 0. The Hall–Kier alpha value is 0.790. The minimum absolute atomic E-state index is 0.199. The van der Waals surface area contributed by atoms with E-state index in [1.807, 2.05) is 0 Å². The average molecular weight is 208 g/mol. The van der Waals surface area contributed by atoms with Gasteiger partial charge in [0.15, 0.2) is 0 Å². The van der Waals surface area contributed by atoms with Crippen molar-refractivity contribution in [3.05, 3.63) is 0 Å². The van der Waals surface area contributed by atoms with Crippen molar-refractivity contribution in [2.24, 2.45) is 5.41 Å². The predicted molar refractivity (Wildman–Crippen MR) is 59.4 cm³/mol. The Morgan fingerprint density at radius 1 is 1.09 bits per heavy atom. The summed E-state index contributed by atoms with van der Waals surface area (Å²) < 4.78 is 0.199. The first kappa shape index (κ1) is 9.87. The van der Waals surface area contributed by atoms with Gasteiger partial charge in [-0.1, -0.05) is 21.0 Å². The van der Waals surface area contributed by atoms with Gasteiger partial charge < -0.3 is 0 Å². The van der Waals surface area contributed by atoms with E-state index in [-0.39, 0.29) is 4.75 Å². The highest BCUT2D eigenvalue weighted by atomic mass is 33.1. The second kappa shape index (κ2) is 2.39. The summed E-state index contributed by atoms with van der Waals surface area (Å²) in [4.78, 5) is 0. The third-order valence-corrected chi connectivity index (χ3v) is 9.75. The van der Waals surface area contributed by atoms with Crippen LogP contribution in [0.25, 0.3) is 0 Å². The van der Waals surface area contributed by atoms with E-state index in [1.165, 1.54) is 6.42 Å². The van der Waals surface area contributed by atoms with Crippen molar-refractivity contribution in [2.75, 3.05) is 5.75 Å². The molecule has 66 valence electrons. The van der Waals surface area contributed by atoms with Crippen LogP contribution in [0.1, 0.15) is 34.1 Å². The minimum Gasteiger partial charge on any atom is -0.0836 e. The summed E-state index contributed by atoms with van der Waals surface area (Å²) >= 11 is 11.0. The summed E-state index contributed by atoms with van der Waals surface area (Å²) in [5, 5.41) is 0. The van der Waals surface area contributed by atoms with Crippen LogP contribution in [0, 0.1) is 5.41 Å². The number of hydrogen-bond acceptors (Lipinski definition) is 2. The molecule has 0 nitrogen and oxygen atoms in total. The maximum Gasteiger partial charge on any atom is 0.0242 e. The second-order valence-electron chi connectivity index (χ2n) is 4.46. The first-order valence-corrected chi connectivity index (χ1v) is 7.58. The first-order chi connectivity index (χ1) is 4.71. The van der Waals surface area contributed by atoms with Gasteiger partial charge in [0.1, 0.15) is 0 Å². The third-order valence-electron chi connectivity index (χ3n) is 3.40. The lowest BCUT2D eigenvalue weighted by atomic mass is 9.79. The van der Waals surface area contributed by atoms with Crippen LogP contribution in [-0.4, -0.2) is 10.5 Å². The second-order valence-corrected chi connectivity index (χ2v) is 11.2. The van der Waals surface area contributed by atoms with E-state index < -0.39 is 7.15 Å². The summed E-state index contributed by atoms with van der Waals surface area (Å²) in [7, 11) is -1.17. The molecule has 0 spiro atoms. The van der Waals surface area contributed by atoms with Gasteiger partial charge >= 0.3 is 0 Å². The standard InChI is InChI=1S/C8H16S3/c1-7(2)5-6-11(9,10)8(7,3)4/h5-6H2,1-4H3. The molecule has 1 aliphatic rings. The zero-order chi connectivity index (χ0) is 8.91. The van der Waals surface area contributed by atoms with Crippen LogP contribution < -0.4 is 0 Å². The molecule has 0 aromatic carbocycles. The van der Waals surface area contributed by atoms with Crippen LogP contribution in [-0.2, 0) is 29.5 Å². The van der Waals surface area contributed by atoms with E-state index in [2.05, 4.69) is 27.7 Å². The summed E-state index contributed by atoms with van der Waals surface area (Å²) in [6.07, 6.45) is 1.21. The Balaban J connectivity index is 3.21. The normalized spacial score (nSPS) is 32.0. The Morgan fingerprint density at radius 3 is 1.64 bits per heavy atom. The lowest BCUT2D eigenvalue weighted by Gasteiger charge is -2.36. The zero-order valence-corrected chi connectivity index (χ0v) is 10.1. The lowest BCUT2D eigenvalue weighted by molar-refractivity contribution is 0.293. The van der Waals surface area contributed by atoms with Crippen LogP contribution in [0.2, 0.25) is 0 Å². The fraction of sp³-hybridized carbons (Fsp3) is 1.00. The molecule has 0 unspecified atom stereocenters. The van der Waals surface area contributed by atoms with E-state index in [4.69, 9.17) is 22.4 Å². The summed E-state index contributed by atoms with van der Waals surface area (Å²) in [5.41, 5.74) is 0.353. The highest BCUT2D eigenvalue weighted by Crippen LogP contribution is 2.47. The molecular weight excluding hydrogens is 192 g/mol. The molecule has 0 bridgehead atoms. The fourth-order valence-electron chi connectivity index (χ4n) is 1.37. The molecule has 1 heterocycles. The molecule has 3 heteroatoms. The van der Waals surface area contributed by atoms with Crippen molar-refractivity contribution >= 4 is 29.5 Å². The first-order valence-electron chi connectivity index (χ1n) is 3.93. The molecule has 1 saturated heterocycles. The average Bonchev–Trinajstić information content (AvgIpc) is 1.93. The van der Waals surface area contributed by atoms with Crippen LogP contribution in [0.3, 0.4) is 0 Å². The lowest BCUT2D eigenvalue weighted by Crippen LogP contribution is -2.38. The van der Waals surface area contributed by atoms with E-state index in [1.54, 1.807) is 0 Å². The Bertz CT molecular complexity index is 257. The van der Waals surface area contributed by atoms with Gasteiger partial charge in [-0.25, -0.2) is 0 Å². The summed E-state index contributed by atoms with van der Waals surface area (Å²) in [6.45, 7) is 9.07. The Labute approximate surface area is 79.6 Å². The Morgan fingerprint density at radius 2 is 1.55 bits per heavy atom. The Kier molecular flexibility index (Phi) is 2.15. The van der Waals surface area contributed by atoms with E-state index in [9.17, 15) is 0 Å². The molecule has 0 N–H and O–H groups in total. The van der Waals surface area contributed by atoms with Crippen LogP contribution in [0.5, 0.6) is 0 Å². The predicted octanol–water partition coefficient (Wildman–Crippen LogP) is 2.27. The largest absolute Gasteiger partial charge is 0.0836 e. The molecule has 0 aliphatic carbocycles. The monoisotopic (exact) mass is 208 g/mol. The van der Waals surface area contributed by atoms with Gasteiger partial charge in [-0.3, -0.25) is 0 Å². The van der Waals surface area contributed by atoms with Gasteiger partial charge in [-0.2, -0.15) is 0 Å². The summed E-state index contributed by atoms with van der Waals surface area (Å²) in [5.74, 6) is 1.09. The van der Waals surface area contributed by atoms with Gasteiger partial charge in [0.2, 0.25) is 0 Å². The van der Waals surface area contributed by atoms with Gasteiger partial charge in [0, 0.05) is 10.5 Å². The van der Waals surface area contributed by atoms with E-state index >= 15 is 0 Å². The third kappa shape index (κ3) is 1.25. The van der Waals surface area contributed by atoms with Crippen molar-refractivity contribution in [2.45, 2.75) is 38.9 Å². The quantitative estimate of drug-likeness (QED) is 0.599. The molecule has 1 rings (SSSR count). The molecule has 11 heavy (non-hydrogen) atoms. The highest BCUT2D eigenvalue weighted by molar-refractivity contribution is 8.57. The van der Waals surface area contributed by atoms with Crippen molar-refractivity contribution in [3.8, 4) is 0 Å². The molecule has 1 aliphatic heterocycles. The maximum absolute atomic E-state index is 5.49. The summed E-state index contributed by atoms with van der Waals surface area (Å²) in [6, 6.07) is 0. The van der Waals surface area contributed by atoms with Gasteiger partial charge in [-0.15, -0.1) is 0 Å². The highest BCUT2D eigenvalue weighted by Gasteiger charge is 2.47. The molecule has 0 atom stereocenters. The van der Waals surface area contributed by atoms with Crippen LogP contribution in [0.4, 0.5) is 0 Å². The van der Waals surface area contributed by atoms with Crippen molar-refractivity contribution in [1.82, 2.24) is 0 Å².